The van der Waals surface area contributed by atoms with Gasteiger partial charge in [-0.2, -0.15) is 11.8 Å². The second kappa shape index (κ2) is 4.42. The lowest BCUT2D eigenvalue weighted by Crippen LogP contribution is -2.55. The lowest BCUT2D eigenvalue weighted by atomic mass is 9.85. The van der Waals surface area contributed by atoms with E-state index < -0.39 is 0 Å². The molecular formula is C11H22N2S. The molecule has 0 aromatic carbocycles. The van der Waals surface area contributed by atoms with Gasteiger partial charge in [0.15, 0.2) is 0 Å². The third-order valence-electron chi connectivity index (χ3n) is 3.88. The molecule has 14 heavy (non-hydrogen) atoms. The second-order valence-electron chi connectivity index (χ2n) is 4.60. The molecule has 2 saturated heterocycles. The van der Waals surface area contributed by atoms with E-state index in [4.69, 9.17) is 5.73 Å². The van der Waals surface area contributed by atoms with Gasteiger partial charge >= 0.3 is 0 Å². The molecule has 0 aromatic heterocycles. The van der Waals surface area contributed by atoms with E-state index in [0.717, 1.165) is 0 Å². The SMILES string of the molecule is CCCN1CCC(N)C12CCSCC2. The minimum atomic E-state index is 0.390. The molecule has 2 N–H and O–H groups in total. The Morgan fingerprint density at radius 3 is 2.79 bits per heavy atom. The summed E-state index contributed by atoms with van der Waals surface area (Å²) in [7, 11) is 0. The number of nitrogens with zero attached hydrogens (tertiary/aromatic N) is 1. The van der Waals surface area contributed by atoms with Crippen molar-refractivity contribution in [1.29, 1.82) is 0 Å². The van der Waals surface area contributed by atoms with E-state index in [1.807, 2.05) is 0 Å². The molecule has 82 valence electrons. The number of likely N-dealkylation sites (tertiary alicyclic amines) is 1. The van der Waals surface area contributed by atoms with Gasteiger partial charge in [-0.1, -0.05) is 6.92 Å². The zero-order valence-electron chi connectivity index (χ0n) is 9.17. The molecule has 2 fully saturated rings. The van der Waals surface area contributed by atoms with Crippen molar-refractivity contribution in [2.24, 2.45) is 5.73 Å². The summed E-state index contributed by atoms with van der Waals surface area (Å²) in [5.74, 6) is 2.63. The minimum absolute atomic E-state index is 0.390. The Morgan fingerprint density at radius 2 is 2.14 bits per heavy atom. The lowest BCUT2D eigenvalue weighted by molar-refractivity contribution is 0.114. The summed E-state index contributed by atoms with van der Waals surface area (Å²) in [6, 6.07) is 0.440. The van der Waals surface area contributed by atoms with Gasteiger partial charge in [0, 0.05) is 18.1 Å². The zero-order valence-corrected chi connectivity index (χ0v) is 9.98. The molecule has 1 spiro atoms. The van der Waals surface area contributed by atoms with E-state index in [2.05, 4.69) is 23.6 Å². The van der Waals surface area contributed by atoms with Crippen LogP contribution < -0.4 is 5.73 Å². The van der Waals surface area contributed by atoms with E-state index in [9.17, 15) is 0 Å². The predicted octanol–water partition coefficient (Wildman–Crippen LogP) is 1.70. The van der Waals surface area contributed by atoms with Crippen LogP contribution in [-0.4, -0.2) is 41.1 Å². The first kappa shape index (κ1) is 10.8. The molecule has 2 heterocycles. The van der Waals surface area contributed by atoms with Crippen LogP contribution in [-0.2, 0) is 0 Å². The van der Waals surface area contributed by atoms with Gasteiger partial charge in [-0.3, -0.25) is 4.90 Å². The smallest absolute Gasteiger partial charge is 0.0376 e. The van der Waals surface area contributed by atoms with Crippen LogP contribution in [0.3, 0.4) is 0 Å². The fourth-order valence-electron chi connectivity index (χ4n) is 3.04. The summed E-state index contributed by atoms with van der Waals surface area (Å²) in [4.78, 5) is 2.68. The second-order valence-corrected chi connectivity index (χ2v) is 5.82. The molecule has 0 amide bonds. The van der Waals surface area contributed by atoms with E-state index in [1.165, 1.54) is 50.3 Å². The maximum absolute atomic E-state index is 6.31. The monoisotopic (exact) mass is 214 g/mol. The molecule has 3 heteroatoms. The Balaban J connectivity index is 2.09. The highest BCUT2D eigenvalue weighted by molar-refractivity contribution is 7.99. The number of thioether (sulfide) groups is 1. The predicted molar refractivity (Wildman–Crippen MR) is 63.7 cm³/mol. The largest absolute Gasteiger partial charge is 0.326 e. The Morgan fingerprint density at radius 1 is 1.43 bits per heavy atom. The Hall–Kier alpha value is 0.270. The van der Waals surface area contributed by atoms with E-state index in [-0.39, 0.29) is 0 Å². The number of rotatable bonds is 2. The highest BCUT2D eigenvalue weighted by Crippen LogP contribution is 2.39. The molecule has 0 aromatic rings. The Bertz CT molecular complexity index is 188. The van der Waals surface area contributed by atoms with Crippen LogP contribution in [0.5, 0.6) is 0 Å². The third kappa shape index (κ3) is 1.70. The number of hydrogen-bond donors (Lipinski definition) is 1. The van der Waals surface area contributed by atoms with Gasteiger partial charge in [-0.15, -0.1) is 0 Å². The van der Waals surface area contributed by atoms with Crippen molar-refractivity contribution < 1.29 is 0 Å². The maximum atomic E-state index is 6.31. The van der Waals surface area contributed by atoms with Crippen LogP contribution in [0.1, 0.15) is 32.6 Å². The fourth-order valence-corrected chi connectivity index (χ4v) is 4.24. The molecule has 2 nitrogen and oxygen atoms in total. The normalized spacial score (nSPS) is 32.6. The summed E-state index contributed by atoms with van der Waals surface area (Å²) >= 11 is 2.10. The summed E-state index contributed by atoms with van der Waals surface area (Å²) in [5, 5.41) is 0. The first-order valence-corrected chi connectivity index (χ1v) is 7.03. The van der Waals surface area contributed by atoms with Gasteiger partial charge in [0.2, 0.25) is 0 Å². The summed E-state index contributed by atoms with van der Waals surface area (Å²) in [6.07, 6.45) is 5.12. The molecule has 0 saturated carbocycles. The summed E-state index contributed by atoms with van der Waals surface area (Å²) < 4.78 is 0. The molecule has 2 aliphatic rings. The summed E-state index contributed by atoms with van der Waals surface area (Å²) in [5.41, 5.74) is 6.70. The quantitative estimate of drug-likeness (QED) is 0.758. The number of hydrogen-bond acceptors (Lipinski definition) is 3. The van der Waals surface area contributed by atoms with Crippen molar-refractivity contribution in [3.63, 3.8) is 0 Å². The van der Waals surface area contributed by atoms with Crippen molar-refractivity contribution in [2.75, 3.05) is 24.6 Å². The van der Waals surface area contributed by atoms with Crippen molar-refractivity contribution in [2.45, 2.75) is 44.2 Å². The van der Waals surface area contributed by atoms with Gasteiger partial charge in [0.05, 0.1) is 0 Å². The molecule has 0 radical (unpaired) electrons. The van der Waals surface area contributed by atoms with Crippen LogP contribution in [0.4, 0.5) is 0 Å². The number of nitrogens with two attached hydrogens (primary N) is 1. The fraction of sp³-hybridized carbons (Fsp3) is 1.00. The van der Waals surface area contributed by atoms with E-state index in [1.54, 1.807) is 0 Å². The Labute approximate surface area is 91.6 Å². The molecule has 1 atom stereocenters. The molecular weight excluding hydrogens is 192 g/mol. The van der Waals surface area contributed by atoms with Crippen molar-refractivity contribution >= 4 is 11.8 Å². The first-order valence-electron chi connectivity index (χ1n) is 5.88. The average Bonchev–Trinajstić information content (AvgIpc) is 2.49. The van der Waals surface area contributed by atoms with Crippen LogP contribution in [0, 0.1) is 0 Å². The van der Waals surface area contributed by atoms with Crippen molar-refractivity contribution in [3.8, 4) is 0 Å². The van der Waals surface area contributed by atoms with Crippen LogP contribution in [0.2, 0.25) is 0 Å². The first-order chi connectivity index (χ1) is 6.79. The van der Waals surface area contributed by atoms with Crippen molar-refractivity contribution in [1.82, 2.24) is 4.90 Å². The highest BCUT2D eigenvalue weighted by atomic mass is 32.2. The molecule has 1 unspecified atom stereocenters. The van der Waals surface area contributed by atoms with Gasteiger partial charge in [0.1, 0.15) is 0 Å². The van der Waals surface area contributed by atoms with Crippen LogP contribution in [0.25, 0.3) is 0 Å². The van der Waals surface area contributed by atoms with Gasteiger partial charge < -0.3 is 5.73 Å². The van der Waals surface area contributed by atoms with Crippen LogP contribution in [0.15, 0.2) is 0 Å². The topological polar surface area (TPSA) is 29.3 Å². The van der Waals surface area contributed by atoms with E-state index >= 15 is 0 Å². The maximum Gasteiger partial charge on any atom is 0.0376 e. The van der Waals surface area contributed by atoms with Gasteiger partial charge in [0.25, 0.3) is 0 Å². The van der Waals surface area contributed by atoms with Gasteiger partial charge in [-0.05, 0) is 43.7 Å². The zero-order chi connectivity index (χ0) is 10.0. The Kier molecular flexibility index (Phi) is 3.40. The summed E-state index contributed by atoms with van der Waals surface area (Å²) in [6.45, 7) is 4.76. The molecule has 0 aliphatic carbocycles. The third-order valence-corrected chi connectivity index (χ3v) is 4.87. The van der Waals surface area contributed by atoms with E-state index in [0.29, 0.717) is 11.6 Å². The van der Waals surface area contributed by atoms with Gasteiger partial charge in [-0.25, -0.2) is 0 Å². The lowest BCUT2D eigenvalue weighted by Gasteiger charge is -2.44. The minimum Gasteiger partial charge on any atom is -0.326 e. The standard InChI is InChI=1S/C11H22N2S/c1-2-6-13-7-3-10(12)11(13)4-8-14-9-5-11/h10H,2-9,12H2,1H3. The molecule has 2 rings (SSSR count). The molecule has 0 bridgehead atoms. The highest BCUT2D eigenvalue weighted by Gasteiger charge is 2.46. The van der Waals surface area contributed by atoms with Crippen LogP contribution >= 0.6 is 11.8 Å². The average molecular weight is 214 g/mol. The van der Waals surface area contributed by atoms with Crippen molar-refractivity contribution in [3.05, 3.63) is 0 Å². The molecule has 2 aliphatic heterocycles.